The van der Waals surface area contributed by atoms with Gasteiger partial charge in [-0.05, 0) is 18.2 Å². The molecule has 1 aromatic carbocycles. The van der Waals surface area contributed by atoms with Gasteiger partial charge in [-0.3, -0.25) is 4.79 Å². The number of thioether (sulfide) groups is 1. The van der Waals surface area contributed by atoms with Crippen LogP contribution in [0.15, 0.2) is 34.9 Å². The quantitative estimate of drug-likeness (QED) is 0.899. The SMILES string of the molecule is O=C(Nc1cccc(Cl)c1)C1=C(C(F)(F)F)OCCS1. The van der Waals surface area contributed by atoms with Crippen LogP contribution in [0.4, 0.5) is 18.9 Å². The van der Waals surface area contributed by atoms with Crippen LogP contribution in [0.3, 0.4) is 0 Å². The van der Waals surface area contributed by atoms with Gasteiger partial charge in [0.2, 0.25) is 5.76 Å². The van der Waals surface area contributed by atoms with Crippen LogP contribution in [0.25, 0.3) is 0 Å². The molecule has 1 heterocycles. The molecule has 0 spiro atoms. The second-order valence-corrected chi connectivity index (χ2v) is 5.36. The summed E-state index contributed by atoms with van der Waals surface area (Å²) in [6, 6.07) is 6.16. The molecule has 8 heteroatoms. The average molecular weight is 324 g/mol. The molecular formula is C12H9ClF3NO2S. The first-order valence-electron chi connectivity index (χ1n) is 5.52. The van der Waals surface area contributed by atoms with Gasteiger partial charge < -0.3 is 10.1 Å². The molecule has 1 aliphatic heterocycles. The molecule has 3 nitrogen and oxygen atoms in total. The third-order valence-electron chi connectivity index (χ3n) is 2.33. The predicted molar refractivity (Wildman–Crippen MR) is 71.6 cm³/mol. The van der Waals surface area contributed by atoms with Crippen molar-refractivity contribution >= 4 is 35.0 Å². The van der Waals surface area contributed by atoms with Crippen LogP contribution in [-0.4, -0.2) is 24.4 Å². The van der Waals surface area contributed by atoms with E-state index in [9.17, 15) is 18.0 Å². The number of carbonyl (C=O) groups is 1. The number of alkyl halides is 3. The molecule has 1 aromatic rings. The molecule has 0 bridgehead atoms. The molecule has 0 atom stereocenters. The van der Waals surface area contributed by atoms with Crippen molar-refractivity contribution in [3.63, 3.8) is 0 Å². The number of hydrogen-bond donors (Lipinski definition) is 1. The van der Waals surface area contributed by atoms with Crippen molar-refractivity contribution in [3.05, 3.63) is 40.0 Å². The van der Waals surface area contributed by atoms with Crippen LogP contribution >= 0.6 is 23.4 Å². The van der Waals surface area contributed by atoms with Crippen LogP contribution in [-0.2, 0) is 9.53 Å². The maximum atomic E-state index is 12.8. The number of rotatable bonds is 2. The Morgan fingerprint density at radius 1 is 1.40 bits per heavy atom. The fraction of sp³-hybridized carbons (Fsp3) is 0.250. The second-order valence-electron chi connectivity index (χ2n) is 3.82. The molecule has 0 aliphatic carbocycles. The lowest BCUT2D eigenvalue weighted by Gasteiger charge is -2.21. The highest BCUT2D eigenvalue weighted by Crippen LogP contribution is 2.37. The van der Waals surface area contributed by atoms with E-state index in [0.717, 1.165) is 11.8 Å². The Hall–Kier alpha value is -1.34. The van der Waals surface area contributed by atoms with Crippen molar-refractivity contribution in [1.82, 2.24) is 0 Å². The number of amides is 1. The molecule has 1 N–H and O–H groups in total. The largest absolute Gasteiger partial charge is 0.487 e. The molecule has 0 fully saturated rings. The third-order valence-corrected chi connectivity index (χ3v) is 3.59. The zero-order valence-electron chi connectivity index (χ0n) is 9.96. The Morgan fingerprint density at radius 2 is 2.15 bits per heavy atom. The summed E-state index contributed by atoms with van der Waals surface area (Å²) in [5.74, 6) is -1.81. The van der Waals surface area contributed by atoms with Crippen molar-refractivity contribution in [2.75, 3.05) is 17.7 Å². The molecule has 0 saturated carbocycles. The number of allylic oxidation sites excluding steroid dienone is 1. The molecule has 20 heavy (non-hydrogen) atoms. The van der Waals surface area contributed by atoms with E-state index in [1.807, 2.05) is 0 Å². The molecule has 0 aromatic heterocycles. The van der Waals surface area contributed by atoms with Crippen LogP contribution in [0.2, 0.25) is 5.02 Å². The summed E-state index contributed by atoms with van der Waals surface area (Å²) < 4.78 is 42.9. The number of hydrogen-bond acceptors (Lipinski definition) is 3. The summed E-state index contributed by atoms with van der Waals surface area (Å²) in [6.07, 6.45) is -4.69. The van der Waals surface area contributed by atoms with Crippen LogP contribution in [0, 0.1) is 0 Å². The summed E-state index contributed by atoms with van der Waals surface area (Å²) in [5, 5.41) is 2.75. The van der Waals surface area contributed by atoms with Crippen LogP contribution < -0.4 is 5.32 Å². The maximum Gasteiger partial charge on any atom is 0.450 e. The smallest absolute Gasteiger partial charge is 0.450 e. The van der Waals surface area contributed by atoms with Gasteiger partial charge in [-0.25, -0.2) is 0 Å². The van der Waals surface area contributed by atoms with Crippen LogP contribution in [0.1, 0.15) is 0 Å². The molecule has 0 saturated heterocycles. The zero-order chi connectivity index (χ0) is 14.8. The summed E-state index contributed by atoms with van der Waals surface area (Å²) in [4.78, 5) is 11.5. The van der Waals surface area contributed by atoms with Crippen LogP contribution in [0.5, 0.6) is 0 Å². The lowest BCUT2D eigenvalue weighted by molar-refractivity contribution is -0.133. The van der Waals surface area contributed by atoms with E-state index in [0.29, 0.717) is 10.7 Å². The van der Waals surface area contributed by atoms with E-state index >= 15 is 0 Å². The fourth-order valence-corrected chi connectivity index (χ4v) is 2.60. The van der Waals surface area contributed by atoms with Gasteiger partial charge in [0.05, 0.1) is 6.61 Å². The Kier molecular flexibility index (Phi) is 4.49. The van der Waals surface area contributed by atoms with Crippen molar-refractivity contribution < 1.29 is 22.7 Å². The molecule has 108 valence electrons. The Bertz CT molecular complexity index is 560. The van der Waals surface area contributed by atoms with Gasteiger partial charge in [-0.2, -0.15) is 13.2 Å². The molecule has 1 amide bonds. The predicted octanol–water partition coefficient (Wildman–Crippen LogP) is 3.82. The van der Waals surface area contributed by atoms with Gasteiger partial charge in [0, 0.05) is 16.5 Å². The topological polar surface area (TPSA) is 38.3 Å². The summed E-state index contributed by atoms with van der Waals surface area (Å²) in [5.41, 5.74) is 0.322. The number of anilines is 1. The van der Waals surface area contributed by atoms with Crippen molar-refractivity contribution in [2.45, 2.75) is 6.18 Å². The number of halogens is 4. The molecule has 2 rings (SSSR count). The highest BCUT2D eigenvalue weighted by atomic mass is 35.5. The average Bonchev–Trinajstić information content (AvgIpc) is 2.37. The van der Waals surface area contributed by atoms with Gasteiger partial charge in [-0.1, -0.05) is 17.7 Å². The minimum atomic E-state index is -4.69. The first-order valence-corrected chi connectivity index (χ1v) is 6.88. The third kappa shape index (κ3) is 3.61. The highest BCUT2D eigenvalue weighted by molar-refractivity contribution is 8.04. The minimum absolute atomic E-state index is 0.0759. The first kappa shape index (κ1) is 15.1. The van der Waals surface area contributed by atoms with Crippen molar-refractivity contribution in [1.29, 1.82) is 0 Å². The lowest BCUT2D eigenvalue weighted by Crippen LogP contribution is -2.26. The van der Waals surface area contributed by atoms with E-state index in [4.69, 9.17) is 11.6 Å². The zero-order valence-corrected chi connectivity index (χ0v) is 11.5. The maximum absolute atomic E-state index is 12.8. The number of nitrogens with one attached hydrogen (secondary N) is 1. The molecule has 0 radical (unpaired) electrons. The van der Waals surface area contributed by atoms with Gasteiger partial charge in [0.25, 0.3) is 5.91 Å². The molecule has 0 unspecified atom stereocenters. The van der Waals surface area contributed by atoms with E-state index in [1.54, 1.807) is 12.1 Å². The van der Waals surface area contributed by atoms with Gasteiger partial charge >= 0.3 is 6.18 Å². The highest BCUT2D eigenvalue weighted by Gasteiger charge is 2.42. The Labute approximate surface area is 122 Å². The fourth-order valence-electron chi connectivity index (χ4n) is 1.55. The monoisotopic (exact) mass is 323 g/mol. The standard InChI is InChI=1S/C12H9ClF3NO2S/c13-7-2-1-3-8(6-7)17-11(18)9-10(12(14,15)16)19-4-5-20-9/h1-3,6H,4-5H2,(H,17,18). The number of ether oxygens (including phenoxy) is 1. The summed E-state index contributed by atoms with van der Waals surface area (Å²) in [7, 11) is 0. The molecular weight excluding hydrogens is 315 g/mol. The number of carbonyl (C=O) groups excluding carboxylic acids is 1. The lowest BCUT2D eigenvalue weighted by atomic mass is 10.3. The van der Waals surface area contributed by atoms with E-state index in [1.165, 1.54) is 12.1 Å². The number of benzene rings is 1. The second kappa shape index (κ2) is 5.97. The van der Waals surface area contributed by atoms with E-state index in [2.05, 4.69) is 10.1 Å². The van der Waals surface area contributed by atoms with Crippen molar-refractivity contribution in [3.8, 4) is 0 Å². The first-order chi connectivity index (χ1) is 9.38. The summed E-state index contributed by atoms with van der Waals surface area (Å²) >= 11 is 6.56. The van der Waals surface area contributed by atoms with Gasteiger partial charge in [0.1, 0.15) is 4.91 Å². The van der Waals surface area contributed by atoms with Gasteiger partial charge in [-0.15, -0.1) is 11.8 Å². The minimum Gasteiger partial charge on any atom is -0.487 e. The Balaban J connectivity index is 2.24. The Morgan fingerprint density at radius 3 is 2.80 bits per heavy atom. The summed E-state index contributed by atoms with van der Waals surface area (Å²) in [6.45, 7) is -0.0759. The van der Waals surface area contributed by atoms with E-state index in [-0.39, 0.29) is 12.4 Å². The van der Waals surface area contributed by atoms with E-state index < -0.39 is 22.7 Å². The normalized spacial score (nSPS) is 15.8. The molecule has 1 aliphatic rings. The van der Waals surface area contributed by atoms with Crippen molar-refractivity contribution in [2.24, 2.45) is 0 Å². The van der Waals surface area contributed by atoms with Gasteiger partial charge in [0.15, 0.2) is 0 Å².